The molecule has 1 aromatic carbocycles. The molecule has 17 heavy (non-hydrogen) atoms. The molecule has 0 aliphatic carbocycles. The van der Waals surface area contributed by atoms with Crippen LogP contribution in [-0.4, -0.2) is 35.7 Å². The van der Waals surface area contributed by atoms with E-state index < -0.39 is 5.97 Å². The quantitative estimate of drug-likeness (QED) is 0.872. The zero-order valence-corrected chi connectivity index (χ0v) is 10.5. The number of carboxylic acids is 1. The summed E-state index contributed by atoms with van der Waals surface area (Å²) in [5, 5.41) is 8.97. The van der Waals surface area contributed by atoms with Gasteiger partial charge < -0.3 is 10.0 Å². The number of anilines is 1. The molecule has 92 valence electrons. The van der Waals surface area contributed by atoms with E-state index in [-0.39, 0.29) is 6.54 Å². The van der Waals surface area contributed by atoms with Crippen LogP contribution in [0.25, 0.3) is 0 Å². The van der Waals surface area contributed by atoms with Gasteiger partial charge in [0.15, 0.2) is 0 Å². The van der Waals surface area contributed by atoms with Gasteiger partial charge in [-0.3, -0.25) is 4.79 Å². The first-order valence-corrected chi connectivity index (χ1v) is 7.00. The number of rotatable bonds is 5. The second-order valence-corrected chi connectivity index (χ2v) is 5.49. The number of hydrogen-bond donors (Lipinski definition) is 1. The van der Waals surface area contributed by atoms with Crippen molar-refractivity contribution >= 4 is 23.4 Å². The van der Waals surface area contributed by atoms with E-state index in [0.717, 1.165) is 18.0 Å². The van der Waals surface area contributed by atoms with Crippen molar-refractivity contribution in [2.75, 3.05) is 29.5 Å². The van der Waals surface area contributed by atoms with Crippen LogP contribution in [0.1, 0.15) is 6.42 Å². The third-order valence-electron chi connectivity index (χ3n) is 2.95. The molecule has 0 aromatic heterocycles. The number of benzene rings is 1. The van der Waals surface area contributed by atoms with Crippen molar-refractivity contribution in [1.29, 1.82) is 0 Å². The van der Waals surface area contributed by atoms with Crippen molar-refractivity contribution in [1.82, 2.24) is 0 Å². The molecular formula is C13H17NO2S. The molecule has 0 radical (unpaired) electrons. The molecule has 0 bridgehead atoms. The summed E-state index contributed by atoms with van der Waals surface area (Å²) in [5.74, 6) is 2.22. The third kappa shape index (κ3) is 3.66. The molecule has 1 aromatic rings. The highest BCUT2D eigenvalue weighted by Crippen LogP contribution is 2.26. The van der Waals surface area contributed by atoms with E-state index in [2.05, 4.69) is 0 Å². The second-order valence-electron chi connectivity index (χ2n) is 4.34. The highest BCUT2D eigenvalue weighted by atomic mass is 32.2. The fraction of sp³-hybridized carbons (Fsp3) is 0.462. The van der Waals surface area contributed by atoms with Crippen LogP contribution >= 0.6 is 11.8 Å². The molecule has 1 aliphatic heterocycles. The molecule has 1 aliphatic rings. The van der Waals surface area contributed by atoms with E-state index in [1.807, 2.05) is 47.0 Å². The summed E-state index contributed by atoms with van der Waals surface area (Å²) in [6, 6.07) is 9.81. The zero-order chi connectivity index (χ0) is 12.1. The molecule has 1 heterocycles. The Morgan fingerprint density at radius 1 is 1.41 bits per heavy atom. The average molecular weight is 251 g/mol. The monoisotopic (exact) mass is 251 g/mol. The molecule has 1 unspecified atom stereocenters. The molecule has 0 amide bonds. The van der Waals surface area contributed by atoms with Crippen molar-refractivity contribution in [3.8, 4) is 0 Å². The number of aliphatic carboxylic acids is 1. The van der Waals surface area contributed by atoms with Crippen molar-refractivity contribution in [3.05, 3.63) is 30.3 Å². The minimum atomic E-state index is -0.764. The van der Waals surface area contributed by atoms with Crippen LogP contribution in [-0.2, 0) is 4.79 Å². The third-order valence-corrected chi connectivity index (χ3v) is 4.18. The van der Waals surface area contributed by atoms with Gasteiger partial charge in [-0.25, -0.2) is 0 Å². The zero-order valence-electron chi connectivity index (χ0n) is 9.71. The summed E-state index contributed by atoms with van der Waals surface area (Å²) in [7, 11) is 0. The maximum atomic E-state index is 10.9. The Morgan fingerprint density at radius 3 is 2.76 bits per heavy atom. The van der Waals surface area contributed by atoms with Crippen LogP contribution in [0.5, 0.6) is 0 Å². The molecule has 0 saturated carbocycles. The number of carbonyl (C=O) groups is 1. The first kappa shape index (κ1) is 12.3. The van der Waals surface area contributed by atoms with Crippen molar-refractivity contribution in [2.45, 2.75) is 6.42 Å². The lowest BCUT2D eigenvalue weighted by Gasteiger charge is -2.25. The van der Waals surface area contributed by atoms with Crippen LogP contribution < -0.4 is 4.90 Å². The lowest BCUT2D eigenvalue weighted by Crippen LogP contribution is -2.34. The van der Waals surface area contributed by atoms with Gasteiger partial charge in [0.05, 0.1) is 0 Å². The van der Waals surface area contributed by atoms with E-state index in [4.69, 9.17) is 5.11 Å². The van der Waals surface area contributed by atoms with E-state index >= 15 is 0 Å². The maximum absolute atomic E-state index is 10.9. The topological polar surface area (TPSA) is 40.5 Å². The first-order chi connectivity index (χ1) is 8.25. The molecular weight excluding hydrogens is 234 g/mol. The molecule has 3 nitrogen and oxygen atoms in total. The first-order valence-electron chi connectivity index (χ1n) is 5.85. The number of nitrogens with zero attached hydrogens (tertiary/aromatic N) is 1. The molecule has 2 rings (SSSR count). The molecule has 1 saturated heterocycles. The normalized spacial score (nSPS) is 19.2. The van der Waals surface area contributed by atoms with E-state index in [1.165, 1.54) is 12.2 Å². The molecule has 0 spiro atoms. The van der Waals surface area contributed by atoms with Gasteiger partial charge in [0.1, 0.15) is 6.54 Å². The number of hydrogen-bond acceptors (Lipinski definition) is 3. The molecule has 1 N–H and O–H groups in total. The Morgan fingerprint density at radius 2 is 2.18 bits per heavy atom. The highest BCUT2D eigenvalue weighted by molar-refractivity contribution is 7.99. The second kappa shape index (κ2) is 5.96. The predicted octanol–water partition coefficient (Wildman–Crippen LogP) is 2.33. The standard InChI is InChI=1S/C13H17NO2S/c15-13(16)9-14(8-11-6-7-17-10-11)12-4-2-1-3-5-12/h1-5,11H,6-10H2,(H,15,16). The van der Waals surface area contributed by atoms with E-state index in [0.29, 0.717) is 5.92 Å². The summed E-state index contributed by atoms with van der Waals surface area (Å²) in [6.45, 7) is 0.939. The van der Waals surface area contributed by atoms with Gasteiger partial charge in [-0.15, -0.1) is 0 Å². The lowest BCUT2D eigenvalue weighted by molar-refractivity contribution is -0.135. The van der Waals surface area contributed by atoms with Crippen LogP contribution in [0.4, 0.5) is 5.69 Å². The highest BCUT2D eigenvalue weighted by Gasteiger charge is 2.20. The average Bonchev–Trinajstić information content (AvgIpc) is 2.82. The summed E-state index contributed by atoms with van der Waals surface area (Å²) >= 11 is 1.96. The van der Waals surface area contributed by atoms with Gasteiger partial charge in [-0.2, -0.15) is 11.8 Å². The predicted molar refractivity (Wildman–Crippen MR) is 71.7 cm³/mol. The van der Waals surface area contributed by atoms with E-state index in [1.54, 1.807) is 0 Å². The summed E-state index contributed by atoms with van der Waals surface area (Å²) in [5.41, 5.74) is 1.01. The van der Waals surface area contributed by atoms with Gasteiger partial charge in [-0.1, -0.05) is 18.2 Å². The fourth-order valence-electron chi connectivity index (χ4n) is 2.10. The van der Waals surface area contributed by atoms with Gasteiger partial charge in [0, 0.05) is 12.2 Å². The molecule has 1 atom stereocenters. The lowest BCUT2D eigenvalue weighted by atomic mass is 10.1. The van der Waals surface area contributed by atoms with Crippen LogP contribution in [0.15, 0.2) is 30.3 Å². The Labute approximate surface area is 106 Å². The van der Waals surface area contributed by atoms with Crippen molar-refractivity contribution < 1.29 is 9.90 Å². The summed E-state index contributed by atoms with van der Waals surface area (Å²) < 4.78 is 0. The van der Waals surface area contributed by atoms with Gasteiger partial charge in [0.2, 0.25) is 0 Å². The fourth-order valence-corrected chi connectivity index (χ4v) is 3.37. The number of thioether (sulfide) groups is 1. The van der Waals surface area contributed by atoms with Crippen LogP contribution in [0, 0.1) is 5.92 Å². The largest absolute Gasteiger partial charge is 0.480 e. The molecule has 4 heteroatoms. The number of carboxylic acid groups (broad SMARTS) is 1. The van der Waals surface area contributed by atoms with E-state index in [9.17, 15) is 4.79 Å². The summed E-state index contributed by atoms with van der Waals surface area (Å²) in [6.07, 6.45) is 1.20. The van der Waals surface area contributed by atoms with Crippen LogP contribution in [0.2, 0.25) is 0 Å². The number of para-hydroxylation sites is 1. The summed E-state index contributed by atoms with van der Waals surface area (Å²) in [4.78, 5) is 12.9. The SMILES string of the molecule is O=C(O)CN(CC1CCSC1)c1ccccc1. The van der Waals surface area contributed by atoms with Gasteiger partial charge in [0.25, 0.3) is 0 Å². The smallest absolute Gasteiger partial charge is 0.323 e. The van der Waals surface area contributed by atoms with Crippen LogP contribution in [0.3, 0.4) is 0 Å². The maximum Gasteiger partial charge on any atom is 0.323 e. The molecule has 1 fully saturated rings. The van der Waals surface area contributed by atoms with Crippen molar-refractivity contribution in [2.24, 2.45) is 5.92 Å². The Kier molecular flexibility index (Phi) is 4.31. The minimum Gasteiger partial charge on any atom is -0.480 e. The van der Waals surface area contributed by atoms with Gasteiger partial charge >= 0.3 is 5.97 Å². The van der Waals surface area contributed by atoms with Gasteiger partial charge in [-0.05, 0) is 36.0 Å². The minimum absolute atomic E-state index is 0.0885. The Bertz CT molecular complexity index is 363. The van der Waals surface area contributed by atoms with Crippen molar-refractivity contribution in [3.63, 3.8) is 0 Å². The Balaban J connectivity index is 2.04. The Hall–Kier alpha value is -1.16.